The van der Waals surface area contributed by atoms with Gasteiger partial charge in [-0.3, -0.25) is 4.79 Å². The molecule has 2 rings (SSSR count). The number of benzene rings is 2. The number of carbonyl (C=O) groups excluding carboxylic acids is 1. The number of nitrogens with zero attached hydrogens (tertiary/aromatic N) is 1. The Kier molecular flexibility index (Phi) is 10.0. The van der Waals surface area contributed by atoms with E-state index < -0.39 is 0 Å². The Hall–Kier alpha value is -1.91. The maximum Gasteiger partial charge on any atom is 0.224 e. The van der Waals surface area contributed by atoms with E-state index in [1.807, 2.05) is 55.6 Å². The molecule has 0 saturated carbocycles. The highest BCUT2D eigenvalue weighted by Gasteiger charge is 2.08. The van der Waals surface area contributed by atoms with Gasteiger partial charge in [-0.1, -0.05) is 24.3 Å². The van der Waals surface area contributed by atoms with E-state index in [1.54, 1.807) is 0 Å². The normalized spacial score (nSPS) is 9.76. The number of nitrogen functional groups attached to an aromatic ring is 1. The lowest BCUT2D eigenvalue weighted by Crippen LogP contribution is -2.25. The fraction of sp³-hybridized carbons (Fsp3) is 0.316. The standard InChI is InChI=1S/C19H25N3O.2ClH/c1-14(2)22(3)17-9-6-8-16(13-17)21-19(23)12-11-15-7-4-5-10-18(15)20;;/h4-10,13-14H,11-12,20H2,1-3H3,(H,21,23);2*1H. The van der Waals surface area contributed by atoms with Crippen LogP contribution < -0.4 is 16.0 Å². The molecule has 3 N–H and O–H groups in total. The van der Waals surface area contributed by atoms with Crippen molar-refractivity contribution in [3.63, 3.8) is 0 Å². The summed E-state index contributed by atoms with van der Waals surface area (Å²) in [6.45, 7) is 4.27. The van der Waals surface area contributed by atoms with Gasteiger partial charge in [-0.25, -0.2) is 0 Å². The van der Waals surface area contributed by atoms with Crippen molar-refractivity contribution in [3.8, 4) is 0 Å². The van der Waals surface area contributed by atoms with Crippen molar-refractivity contribution in [2.24, 2.45) is 0 Å². The molecule has 0 unspecified atom stereocenters. The molecule has 0 aliphatic carbocycles. The third kappa shape index (κ3) is 6.85. The quantitative estimate of drug-likeness (QED) is 0.720. The van der Waals surface area contributed by atoms with Crippen molar-refractivity contribution < 1.29 is 4.79 Å². The summed E-state index contributed by atoms with van der Waals surface area (Å²) < 4.78 is 0. The number of aryl methyl sites for hydroxylation is 1. The topological polar surface area (TPSA) is 58.4 Å². The van der Waals surface area contributed by atoms with Crippen molar-refractivity contribution in [3.05, 3.63) is 54.1 Å². The molecule has 0 aromatic heterocycles. The number of para-hydroxylation sites is 1. The van der Waals surface area contributed by atoms with Gasteiger partial charge in [-0.15, -0.1) is 24.8 Å². The molecular formula is C19H27Cl2N3O. The number of nitrogens with one attached hydrogen (secondary N) is 1. The highest BCUT2D eigenvalue weighted by Crippen LogP contribution is 2.20. The molecule has 0 atom stereocenters. The number of hydrogen-bond donors (Lipinski definition) is 2. The van der Waals surface area contributed by atoms with Crippen LogP contribution in [-0.2, 0) is 11.2 Å². The minimum absolute atomic E-state index is 0. The van der Waals surface area contributed by atoms with E-state index in [9.17, 15) is 4.79 Å². The van der Waals surface area contributed by atoms with E-state index in [4.69, 9.17) is 5.73 Å². The number of halogens is 2. The predicted molar refractivity (Wildman–Crippen MR) is 112 cm³/mol. The summed E-state index contributed by atoms with van der Waals surface area (Å²) in [5.41, 5.74) is 9.56. The van der Waals surface area contributed by atoms with Crippen LogP contribution in [0.1, 0.15) is 25.8 Å². The predicted octanol–water partition coefficient (Wildman–Crippen LogP) is 4.53. The van der Waals surface area contributed by atoms with Crippen LogP contribution >= 0.6 is 24.8 Å². The highest BCUT2D eigenvalue weighted by molar-refractivity contribution is 5.91. The number of carbonyl (C=O) groups is 1. The number of anilines is 3. The van der Waals surface area contributed by atoms with Crippen LogP contribution in [0.3, 0.4) is 0 Å². The molecule has 0 heterocycles. The van der Waals surface area contributed by atoms with Crippen LogP contribution in [0.25, 0.3) is 0 Å². The summed E-state index contributed by atoms with van der Waals surface area (Å²) in [6, 6.07) is 16.0. The minimum atomic E-state index is -0.00222. The fourth-order valence-corrected chi connectivity index (χ4v) is 2.33. The number of hydrogen-bond acceptors (Lipinski definition) is 3. The van der Waals surface area contributed by atoms with E-state index >= 15 is 0 Å². The van der Waals surface area contributed by atoms with Crippen molar-refractivity contribution in [2.75, 3.05) is 23.0 Å². The van der Waals surface area contributed by atoms with Gasteiger partial charge in [0.25, 0.3) is 0 Å². The lowest BCUT2D eigenvalue weighted by atomic mass is 10.1. The first-order valence-corrected chi connectivity index (χ1v) is 7.93. The molecule has 2 aromatic rings. The zero-order valence-electron chi connectivity index (χ0n) is 14.9. The summed E-state index contributed by atoms with van der Waals surface area (Å²) in [6.07, 6.45) is 1.06. The molecule has 0 saturated heterocycles. The molecule has 0 aliphatic rings. The van der Waals surface area contributed by atoms with Gasteiger partial charge in [0, 0.05) is 36.6 Å². The first kappa shape index (κ1) is 23.1. The maximum atomic E-state index is 12.1. The largest absolute Gasteiger partial charge is 0.399 e. The summed E-state index contributed by atoms with van der Waals surface area (Å²) in [5, 5.41) is 2.96. The molecular weight excluding hydrogens is 357 g/mol. The summed E-state index contributed by atoms with van der Waals surface area (Å²) in [7, 11) is 2.05. The number of amides is 1. The SMILES string of the molecule is CC(C)N(C)c1cccc(NC(=O)CCc2ccccc2N)c1.Cl.Cl. The Morgan fingerprint density at radius 1 is 1.12 bits per heavy atom. The second-order valence-corrected chi connectivity index (χ2v) is 6.00. The first-order valence-electron chi connectivity index (χ1n) is 7.93. The van der Waals surface area contributed by atoms with E-state index in [0.717, 1.165) is 22.6 Å². The van der Waals surface area contributed by atoms with Crippen molar-refractivity contribution in [1.29, 1.82) is 0 Å². The summed E-state index contributed by atoms with van der Waals surface area (Å²) in [4.78, 5) is 14.3. The molecule has 0 aliphatic heterocycles. The van der Waals surface area contributed by atoms with Crippen LogP contribution in [0.5, 0.6) is 0 Å². The summed E-state index contributed by atoms with van der Waals surface area (Å²) >= 11 is 0. The van der Waals surface area contributed by atoms with Gasteiger partial charge >= 0.3 is 0 Å². The van der Waals surface area contributed by atoms with Gasteiger partial charge in [0.15, 0.2) is 0 Å². The average Bonchev–Trinajstić information content (AvgIpc) is 2.53. The van der Waals surface area contributed by atoms with Gasteiger partial charge in [-0.05, 0) is 50.1 Å². The van der Waals surface area contributed by atoms with Crippen molar-refractivity contribution in [2.45, 2.75) is 32.7 Å². The van der Waals surface area contributed by atoms with E-state index in [0.29, 0.717) is 18.9 Å². The smallest absolute Gasteiger partial charge is 0.224 e. The molecule has 4 nitrogen and oxygen atoms in total. The Bertz CT molecular complexity index is 677. The van der Waals surface area contributed by atoms with Gasteiger partial charge in [0.2, 0.25) is 5.91 Å². The Morgan fingerprint density at radius 3 is 2.44 bits per heavy atom. The Labute approximate surface area is 162 Å². The van der Waals surface area contributed by atoms with Crippen LogP contribution in [0.2, 0.25) is 0 Å². The second kappa shape index (κ2) is 10.9. The molecule has 6 heteroatoms. The Balaban J connectivity index is 0.00000288. The fourth-order valence-electron chi connectivity index (χ4n) is 2.33. The molecule has 0 fully saturated rings. The lowest BCUT2D eigenvalue weighted by Gasteiger charge is -2.24. The van der Waals surface area contributed by atoms with Gasteiger partial charge < -0.3 is 16.0 Å². The zero-order valence-corrected chi connectivity index (χ0v) is 16.5. The molecule has 1 amide bonds. The van der Waals surface area contributed by atoms with Crippen molar-refractivity contribution in [1.82, 2.24) is 0 Å². The van der Waals surface area contributed by atoms with Gasteiger partial charge in [-0.2, -0.15) is 0 Å². The second-order valence-electron chi connectivity index (χ2n) is 6.00. The number of nitrogens with two attached hydrogens (primary N) is 1. The molecule has 0 radical (unpaired) electrons. The van der Waals surface area contributed by atoms with Crippen LogP contribution in [0, 0.1) is 0 Å². The van der Waals surface area contributed by atoms with Crippen LogP contribution in [0.15, 0.2) is 48.5 Å². The Morgan fingerprint density at radius 2 is 1.80 bits per heavy atom. The summed E-state index contributed by atoms with van der Waals surface area (Å²) in [5.74, 6) is -0.00222. The third-order valence-electron chi connectivity index (χ3n) is 3.99. The maximum absolute atomic E-state index is 12.1. The molecule has 138 valence electrons. The van der Waals surface area contributed by atoms with Crippen LogP contribution in [0.4, 0.5) is 17.1 Å². The van der Waals surface area contributed by atoms with Crippen LogP contribution in [-0.4, -0.2) is 19.0 Å². The first-order chi connectivity index (χ1) is 11.0. The molecule has 0 spiro atoms. The minimum Gasteiger partial charge on any atom is -0.399 e. The average molecular weight is 384 g/mol. The molecule has 2 aromatic carbocycles. The third-order valence-corrected chi connectivity index (χ3v) is 3.99. The number of rotatable bonds is 6. The van der Waals surface area contributed by atoms with E-state index in [-0.39, 0.29) is 30.7 Å². The molecule has 0 bridgehead atoms. The van der Waals surface area contributed by atoms with Gasteiger partial charge in [0.05, 0.1) is 0 Å². The zero-order chi connectivity index (χ0) is 16.8. The lowest BCUT2D eigenvalue weighted by molar-refractivity contribution is -0.116. The van der Waals surface area contributed by atoms with Crippen molar-refractivity contribution >= 4 is 47.8 Å². The monoisotopic (exact) mass is 383 g/mol. The van der Waals surface area contributed by atoms with E-state index in [1.165, 1.54) is 0 Å². The van der Waals surface area contributed by atoms with E-state index in [2.05, 4.69) is 24.1 Å². The molecule has 25 heavy (non-hydrogen) atoms. The van der Waals surface area contributed by atoms with Gasteiger partial charge in [0.1, 0.15) is 0 Å². The highest BCUT2D eigenvalue weighted by atomic mass is 35.5.